The lowest BCUT2D eigenvalue weighted by atomic mass is 10.2. The van der Waals surface area contributed by atoms with Gasteiger partial charge in [-0.25, -0.2) is 0 Å². The van der Waals surface area contributed by atoms with E-state index >= 15 is 0 Å². The molecule has 0 spiro atoms. The summed E-state index contributed by atoms with van der Waals surface area (Å²) in [4.78, 5) is 4.16. The van der Waals surface area contributed by atoms with Gasteiger partial charge < -0.3 is 5.73 Å². The average Bonchev–Trinajstić information content (AvgIpc) is 2.35. The second kappa shape index (κ2) is 9.97. The van der Waals surface area contributed by atoms with Crippen LogP contribution in [0.25, 0.3) is 10.9 Å². The van der Waals surface area contributed by atoms with Crippen molar-refractivity contribution < 1.29 is 0 Å². The second-order valence-electron chi connectivity index (χ2n) is 2.42. The molecule has 0 unspecified atom stereocenters. The Balaban J connectivity index is 0. The predicted molar refractivity (Wildman–Crippen MR) is 75.6 cm³/mol. The minimum Gasteiger partial charge on any atom is -0.398 e. The zero-order valence-corrected chi connectivity index (χ0v) is 9.99. The smallest absolute Gasteiger partial charge is 0.0722 e. The first-order valence-electron chi connectivity index (χ1n) is 5.47. The molecule has 0 radical (unpaired) electrons. The molecule has 0 aliphatic carbocycles. The van der Waals surface area contributed by atoms with Crippen LogP contribution in [0.5, 0.6) is 0 Å². The van der Waals surface area contributed by atoms with Crippen molar-refractivity contribution >= 4 is 16.6 Å². The molecule has 90 valence electrons. The van der Waals surface area contributed by atoms with Crippen molar-refractivity contribution in [3.63, 3.8) is 0 Å². The van der Waals surface area contributed by atoms with Crippen LogP contribution in [0.2, 0.25) is 0 Å². The van der Waals surface area contributed by atoms with E-state index in [1.807, 2.05) is 58.0 Å². The number of rotatable bonds is 0. The fraction of sp³-hybridized carbons (Fsp3) is 0.357. The van der Waals surface area contributed by atoms with Crippen LogP contribution in [0.4, 0.5) is 5.69 Å². The molecule has 0 amide bonds. The average molecular weight is 220 g/mol. The van der Waals surface area contributed by atoms with Crippen LogP contribution in [0.1, 0.15) is 35.1 Å². The Morgan fingerprint density at radius 1 is 0.938 bits per heavy atom. The number of nitrogens with zero attached hydrogens (tertiary/aromatic N) is 1. The summed E-state index contributed by atoms with van der Waals surface area (Å²) in [5, 5.41) is 1.02. The largest absolute Gasteiger partial charge is 0.398 e. The molecular weight excluding hydrogens is 196 g/mol. The summed E-state index contributed by atoms with van der Waals surface area (Å²) in [5.74, 6) is 0. The fourth-order valence-corrected chi connectivity index (χ4v) is 1.13. The van der Waals surface area contributed by atoms with Gasteiger partial charge >= 0.3 is 0 Å². The van der Waals surface area contributed by atoms with Gasteiger partial charge in [0.05, 0.1) is 5.52 Å². The van der Waals surface area contributed by atoms with Crippen LogP contribution in [0.3, 0.4) is 0 Å². The van der Waals surface area contributed by atoms with Gasteiger partial charge in [0.2, 0.25) is 0 Å². The standard InChI is InChI=1S/C9H8N2.2C2H6.CH4/c10-8-4-1-5-9-7(8)3-2-6-11-9;2*1-2;/h1-6H,10H2;2*1-2H3;1H4. The third-order valence-corrected chi connectivity index (χ3v) is 1.68. The van der Waals surface area contributed by atoms with Gasteiger partial charge in [-0.2, -0.15) is 0 Å². The van der Waals surface area contributed by atoms with Gasteiger partial charge in [-0.3, -0.25) is 4.98 Å². The lowest BCUT2D eigenvalue weighted by Gasteiger charge is -1.97. The summed E-state index contributed by atoms with van der Waals surface area (Å²) in [6.45, 7) is 8.00. The normalized spacial score (nSPS) is 7.75. The van der Waals surface area contributed by atoms with Gasteiger partial charge in [-0.1, -0.05) is 41.2 Å². The van der Waals surface area contributed by atoms with E-state index in [9.17, 15) is 0 Å². The quantitative estimate of drug-likeness (QED) is 0.664. The number of pyridine rings is 1. The van der Waals surface area contributed by atoms with Crippen LogP contribution >= 0.6 is 0 Å². The third-order valence-electron chi connectivity index (χ3n) is 1.68. The third kappa shape index (κ3) is 4.30. The topological polar surface area (TPSA) is 38.9 Å². The maximum Gasteiger partial charge on any atom is 0.0722 e. The van der Waals surface area contributed by atoms with Crippen LogP contribution in [-0.2, 0) is 0 Å². The molecule has 0 saturated heterocycles. The fourth-order valence-electron chi connectivity index (χ4n) is 1.13. The Labute approximate surface area is 99.5 Å². The molecule has 1 aromatic heterocycles. The van der Waals surface area contributed by atoms with Crippen LogP contribution in [0.15, 0.2) is 36.5 Å². The molecule has 16 heavy (non-hydrogen) atoms. The van der Waals surface area contributed by atoms with E-state index in [4.69, 9.17) is 5.73 Å². The highest BCUT2D eigenvalue weighted by molar-refractivity contribution is 5.89. The number of hydrogen-bond acceptors (Lipinski definition) is 2. The summed E-state index contributed by atoms with van der Waals surface area (Å²) in [6.07, 6.45) is 1.77. The van der Waals surface area contributed by atoms with E-state index in [1.165, 1.54) is 0 Å². The summed E-state index contributed by atoms with van der Waals surface area (Å²) in [5.41, 5.74) is 7.46. The zero-order valence-electron chi connectivity index (χ0n) is 9.99. The second-order valence-corrected chi connectivity index (χ2v) is 2.42. The number of nitrogens with two attached hydrogens (primary N) is 1. The molecular formula is C14H24N2. The molecule has 0 fully saturated rings. The number of benzene rings is 1. The molecule has 1 aromatic carbocycles. The molecule has 2 rings (SSSR count). The van der Waals surface area contributed by atoms with Crippen molar-refractivity contribution in [1.82, 2.24) is 4.98 Å². The Hall–Kier alpha value is -1.57. The van der Waals surface area contributed by atoms with Crippen molar-refractivity contribution in [3.8, 4) is 0 Å². The highest BCUT2D eigenvalue weighted by atomic mass is 14.7. The van der Waals surface area contributed by atoms with Crippen molar-refractivity contribution in [2.75, 3.05) is 5.73 Å². The molecule has 0 bridgehead atoms. The Kier molecular flexibility index (Phi) is 10.5. The number of fused-ring (bicyclic) bond motifs is 1. The Morgan fingerprint density at radius 2 is 1.56 bits per heavy atom. The molecule has 0 aliphatic heterocycles. The Morgan fingerprint density at radius 3 is 2.12 bits per heavy atom. The first kappa shape index (κ1) is 16.8. The first-order valence-corrected chi connectivity index (χ1v) is 5.47. The highest BCUT2D eigenvalue weighted by Crippen LogP contribution is 2.17. The lowest BCUT2D eigenvalue weighted by molar-refractivity contribution is 1.41. The van der Waals surface area contributed by atoms with Gasteiger partial charge in [-0.05, 0) is 24.3 Å². The number of aromatic nitrogens is 1. The van der Waals surface area contributed by atoms with Gasteiger partial charge in [0.25, 0.3) is 0 Å². The van der Waals surface area contributed by atoms with E-state index in [0.29, 0.717) is 0 Å². The number of hydrogen-bond donors (Lipinski definition) is 1. The molecule has 0 atom stereocenters. The summed E-state index contributed by atoms with van der Waals surface area (Å²) in [6, 6.07) is 9.59. The van der Waals surface area contributed by atoms with E-state index in [-0.39, 0.29) is 7.43 Å². The van der Waals surface area contributed by atoms with Crippen LogP contribution < -0.4 is 5.73 Å². The van der Waals surface area contributed by atoms with Crippen molar-refractivity contribution in [2.45, 2.75) is 35.1 Å². The monoisotopic (exact) mass is 220 g/mol. The van der Waals surface area contributed by atoms with E-state index in [1.54, 1.807) is 6.20 Å². The van der Waals surface area contributed by atoms with E-state index in [2.05, 4.69) is 4.98 Å². The lowest BCUT2D eigenvalue weighted by Crippen LogP contribution is -1.86. The molecule has 2 aromatic rings. The number of nitrogen functional groups attached to an aromatic ring is 1. The zero-order chi connectivity index (χ0) is 11.7. The van der Waals surface area contributed by atoms with Gasteiger partial charge in [0.1, 0.15) is 0 Å². The SMILES string of the molecule is C.CC.CC.Nc1cccc2ncccc12. The minimum atomic E-state index is 0. The minimum absolute atomic E-state index is 0. The van der Waals surface area contributed by atoms with Crippen LogP contribution in [-0.4, -0.2) is 4.98 Å². The maximum absolute atomic E-state index is 5.72. The van der Waals surface area contributed by atoms with Gasteiger partial charge in [0.15, 0.2) is 0 Å². The highest BCUT2D eigenvalue weighted by Gasteiger charge is 1.94. The van der Waals surface area contributed by atoms with Crippen molar-refractivity contribution in [3.05, 3.63) is 36.5 Å². The van der Waals surface area contributed by atoms with Gasteiger partial charge in [0, 0.05) is 17.3 Å². The summed E-state index contributed by atoms with van der Waals surface area (Å²) in [7, 11) is 0. The molecule has 2 N–H and O–H groups in total. The molecule has 2 heteroatoms. The molecule has 1 heterocycles. The van der Waals surface area contributed by atoms with Crippen LogP contribution in [0, 0.1) is 0 Å². The number of anilines is 1. The molecule has 2 nitrogen and oxygen atoms in total. The summed E-state index contributed by atoms with van der Waals surface area (Å²) >= 11 is 0. The van der Waals surface area contributed by atoms with Crippen molar-refractivity contribution in [1.29, 1.82) is 0 Å². The van der Waals surface area contributed by atoms with Gasteiger partial charge in [-0.15, -0.1) is 0 Å². The van der Waals surface area contributed by atoms with E-state index in [0.717, 1.165) is 16.6 Å². The maximum atomic E-state index is 5.72. The molecule has 0 aliphatic rings. The molecule has 0 saturated carbocycles. The van der Waals surface area contributed by atoms with E-state index < -0.39 is 0 Å². The summed E-state index contributed by atoms with van der Waals surface area (Å²) < 4.78 is 0. The Bertz CT molecular complexity index is 378. The first-order chi connectivity index (χ1) is 7.38. The predicted octanol–water partition coefficient (Wildman–Crippen LogP) is 4.51. The van der Waals surface area contributed by atoms with Crippen molar-refractivity contribution in [2.24, 2.45) is 0 Å².